The van der Waals surface area contributed by atoms with Gasteiger partial charge in [-0.2, -0.15) is 0 Å². The minimum atomic E-state index is -0.674. The zero-order chi connectivity index (χ0) is 16.6. The lowest BCUT2D eigenvalue weighted by Crippen LogP contribution is -2.36. The van der Waals surface area contributed by atoms with Gasteiger partial charge in [0, 0.05) is 12.5 Å². The van der Waals surface area contributed by atoms with Crippen LogP contribution in [0.2, 0.25) is 5.02 Å². The number of amides is 2. The van der Waals surface area contributed by atoms with E-state index in [0.29, 0.717) is 17.3 Å². The predicted octanol–water partition coefficient (Wildman–Crippen LogP) is 3.37. The molecule has 0 aliphatic carbocycles. The third kappa shape index (κ3) is 2.94. The summed E-state index contributed by atoms with van der Waals surface area (Å²) in [7, 11) is 0. The Bertz CT molecular complexity index is 771. The van der Waals surface area contributed by atoms with Crippen LogP contribution in [-0.2, 0) is 16.1 Å². The highest BCUT2D eigenvalue weighted by atomic mass is 35.5. The third-order valence-electron chi connectivity index (χ3n) is 3.92. The molecular formula is C18H17ClN2O2. The Kier molecular flexibility index (Phi) is 4.09. The lowest BCUT2D eigenvalue weighted by Gasteiger charge is -2.19. The number of rotatable bonds is 3. The molecule has 2 aromatic carbocycles. The number of hydrogen-bond acceptors (Lipinski definition) is 2. The first-order valence-corrected chi connectivity index (χ1v) is 7.77. The number of carbonyl (C=O) groups excluding carboxylic acids is 2. The molecule has 0 radical (unpaired) electrons. The van der Waals surface area contributed by atoms with Crippen LogP contribution < -0.4 is 10.2 Å². The molecule has 0 spiro atoms. The number of halogens is 1. The molecule has 0 saturated heterocycles. The van der Waals surface area contributed by atoms with Crippen LogP contribution in [0.5, 0.6) is 0 Å². The summed E-state index contributed by atoms with van der Waals surface area (Å²) in [5.41, 5.74) is 3.60. The van der Waals surface area contributed by atoms with Gasteiger partial charge in [0.1, 0.15) is 6.04 Å². The molecular weight excluding hydrogens is 312 g/mol. The second-order valence-corrected chi connectivity index (χ2v) is 6.13. The number of anilines is 1. The maximum Gasteiger partial charge on any atom is 0.254 e. The van der Waals surface area contributed by atoms with E-state index in [9.17, 15) is 9.59 Å². The van der Waals surface area contributed by atoms with E-state index in [4.69, 9.17) is 11.6 Å². The van der Waals surface area contributed by atoms with Gasteiger partial charge < -0.3 is 10.2 Å². The molecule has 23 heavy (non-hydrogen) atoms. The Morgan fingerprint density at radius 2 is 1.91 bits per heavy atom. The summed E-state index contributed by atoms with van der Waals surface area (Å²) in [6, 6.07) is 12.7. The lowest BCUT2D eigenvalue weighted by molar-refractivity contribution is -0.126. The molecule has 0 aromatic heterocycles. The van der Waals surface area contributed by atoms with Crippen molar-refractivity contribution >= 4 is 29.1 Å². The van der Waals surface area contributed by atoms with Crippen LogP contribution in [0.15, 0.2) is 42.5 Å². The van der Waals surface area contributed by atoms with Crippen molar-refractivity contribution in [2.24, 2.45) is 0 Å². The van der Waals surface area contributed by atoms with Crippen LogP contribution >= 0.6 is 11.6 Å². The lowest BCUT2D eigenvalue weighted by atomic mass is 10.1. The van der Waals surface area contributed by atoms with Gasteiger partial charge in [-0.25, -0.2) is 0 Å². The van der Waals surface area contributed by atoms with E-state index >= 15 is 0 Å². The fourth-order valence-corrected chi connectivity index (χ4v) is 3.11. The van der Waals surface area contributed by atoms with Gasteiger partial charge in [0.25, 0.3) is 5.91 Å². The summed E-state index contributed by atoms with van der Waals surface area (Å²) >= 11 is 6.32. The molecule has 0 bridgehead atoms. The molecule has 1 heterocycles. The van der Waals surface area contributed by atoms with Gasteiger partial charge in [-0.1, -0.05) is 53.6 Å². The second kappa shape index (κ2) is 6.05. The van der Waals surface area contributed by atoms with Crippen LogP contribution in [0.4, 0.5) is 5.69 Å². The molecule has 4 nitrogen and oxygen atoms in total. The summed E-state index contributed by atoms with van der Waals surface area (Å²) in [5.74, 6) is -0.407. The molecule has 5 heteroatoms. The van der Waals surface area contributed by atoms with Crippen molar-refractivity contribution in [2.75, 3.05) is 4.90 Å². The van der Waals surface area contributed by atoms with Crippen molar-refractivity contribution < 1.29 is 9.59 Å². The second-order valence-electron chi connectivity index (χ2n) is 5.72. The molecule has 1 aliphatic rings. The maximum absolute atomic E-state index is 12.8. The molecule has 1 atom stereocenters. The Balaban J connectivity index is 1.99. The Labute approximate surface area is 140 Å². The highest BCUT2D eigenvalue weighted by Crippen LogP contribution is 2.41. The average Bonchev–Trinajstić information content (AvgIpc) is 2.76. The van der Waals surface area contributed by atoms with Gasteiger partial charge in [0.05, 0.1) is 17.3 Å². The maximum atomic E-state index is 12.8. The number of para-hydroxylation sites is 1. The van der Waals surface area contributed by atoms with E-state index in [1.807, 2.05) is 37.3 Å². The van der Waals surface area contributed by atoms with E-state index < -0.39 is 6.04 Å². The topological polar surface area (TPSA) is 49.4 Å². The summed E-state index contributed by atoms with van der Waals surface area (Å²) in [4.78, 5) is 25.8. The first-order chi connectivity index (χ1) is 11.0. The van der Waals surface area contributed by atoms with E-state index in [1.165, 1.54) is 6.92 Å². The zero-order valence-corrected chi connectivity index (χ0v) is 13.7. The molecule has 1 N–H and O–H groups in total. The van der Waals surface area contributed by atoms with Crippen molar-refractivity contribution in [1.29, 1.82) is 0 Å². The van der Waals surface area contributed by atoms with E-state index in [-0.39, 0.29) is 11.8 Å². The normalized spacial score (nSPS) is 16.4. The highest BCUT2D eigenvalue weighted by Gasteiger charge is 2.39. The Morgan fingerprint density at radius 3 is 2.57 bits per heavy atom. The summed E-state index contributed by atoms with van der Waals surface area (Å²) in [5, 5.41) is 3.22. The van der Waals surface area contributed by atoms with Gasteiger partial charge in [0.15, 0.2) is 0 Å². The monoisotopic (exact) mass is 328 g/mol. The van der Waals surface area contributed by atoms with Crippen LogP contribution in [0.3, 0.4) is 0 Å². The number of fused-ring (bicyclic) bond motifs is 1. The summed E-state index contributed by atoms with van der Waals surface area (Å²) in [6.07, 6.45) is 0. The predicted molar refractivity (Wildman–Crippen MR) is 90.4 cm³/mol. The largest absolute Gasteiger partial charge is 0.341 e. The number of carbonyl (C=O) groups is 2. The van der Waals surface area contributed by atoms with Crippen molar-refractivity contribution in [3.63, 3.8) is 0 Å². The molecule has 1 unspecified atom stereocenters. The standard InChI is InChI=1S/C18H17ClN2O2/c1-11-6-8-13(9-7-11)10-21-17-14(4-3-5-15(17)19)16(18(21)23)20-12(2)22/h3-9,16H,10H2,1-2H3,(H,20,22). The molecule has 3 rings (SSSR count). The zero-order valence-electron chi connectivity index (χ0n) is 13.0. The Hall–Kier alpha value is -2.33. The van der Waals surface area contributed by atoms with Crippen LogP contribution in [0, 0.1) is 6.92 Å². The number of hydrogen-bond donors (Lipinski definition) is 1. The highest BCUT2D eigenvalue weighted by molar-refractivity contribution is 6.34. The quantitative estimate of drug-likeness (QED) is 0.939. The van der Waals surface area contributed by atoms with Crippen molar-refractivity contribution in [2.45, 2.75) is 26.4 Å². The molecule has 118 valence electrons. The van der Waals surface area contributed by atoms with E-state index in [1.54, 1.807) is 17.0 Å². The first kappa shape index (κ1) is 15.6. The SMILES string of the molecule is CC(=O)NC1C(=O)N(Cc2ccc(C)cc2)c2c(Cl)cccc21. The van der Waals surface area contributed by atoms with Crippen molar-refractivity contribution in [3.8, 4) is 0 Å². The first-order valence-electron chi connectivity index (χ1n) is 7.40. The fraction of sp³-hybridized carbons (Fsp3) is 0.222. The van der Waals surface area contributed by atoms with Crippen molar-refractivity contribution in [3.05, 3.63) is 64.2 Å². The number of aryl methyl sites for hydroxylation is 1. The molecule has 2 aromatic rings. The van der Waals surface area contributed by atoms with Crippen LogP contribution in [0.25, 0.3) is 0 Å². The Morgan fingerprint density at radius 1 is 1.22 bits per heavy atom. The van der Waals surface area contributed by atoms with Gasteiger partial charge in [0.2, 0.25) is 5.91 Å². The number of nitrogens with one attached hydrogen (secondary N) is 1. The molecule has 0 saturated carbocycles. The fourth-order valence-electron chi connectivity index (χ4n) is 2.82. The smallest absolute Gasteiger partial charge is 0.254 e. The minimum Gasteiger partial charge on any atom is -0.341 e. The van der Waals surface area contributed by atoms with Gasteiger partial charge >= 0.3 is 0 Å². The van der Waals surface area contributed by atoms with Gasteiger partial charge in [-0.05, 0) is 18.6 Å². The van der Waals surface area contributed by atoms with Gasteiger partial charge in [-0.15, -0.1) is 0 Å². The third-order valence-corrected chi connectivity index (χ3v) is 4.23. The minimum absolute atomic E-state index is 0.163. The average molecular weight is 329 g/mol. The molecule has 0 fully saturated rings. The number of benzene rings is 2. The molecule has 1 aliphatic heterocycles. The van der Waals surface area contributed by atoms with E-state index in [0.717, 1.165) is 16.7 Å². The number of nitrogens with zero attached hydrogens (tertiary/aromatic N) is 1. The van der Waals surface area contributed by atoms with Crippen LogP contribution in [-0.4, -0.2) is 11.8 Å². The van der Waals surface area contributed by atoms with E-state index in [2.05, 4.69) is 5.32 Å². The summed E-state index contributed by atoms with van der Waals surface area (Å²) < 4.78 is 0. The molecule has 2 amide bonds. The van der Waals surface area contributed by atoms with Gasteiger partial charge in [-0.3, -0.25) is 9.59 Å². The summed E-state index contributed by atoms with van der Waals surface area (Å²) in [6.45, 7) is 3.84. The van der Waals surface area contributed by atoms with Crippen LogP contribution in [0.1, 0.15) is 29.7 Å². The van der Waals surface area contributed by atoms with Crippen molar-refractivity contribution in [1.82, 2.24) is 5.32 Å².